The molecular weight excluding hydrogens is 176 g/mol. The summed E-state index contributed by atoms with van der Waals surface area (Å²) in [6.07, 6.45) is 3.33. The first-order valence-corrected chi connectivity index (χ1v) is 5.40. The number of nitrogens with one attached hydrogen (secondary N) is 1. The minimum Gasteiger partial charge on any atom is -0.401 e. The summed E-state index contributed by atoms with van der Waals surface area (Å²) >= 11 is 0. The highest BCUT2D eigenvalue weighted by molar-refractivity contribution is 5.15. The maximum absolute atomic E-state index is 6.06. The monoisotopic (exact) mass is 196 g/mol. The van der Waals surface area contributed by atoms with Crippen LogP contribution in [-0.4, -0.2) is 24.1 Å². The van der Waals surface area contributed by atoms with Gasteiger partial charge in [0.05, 0.1) is 5.70 Å². The molecule has 80 valence electrons. The van der Waals surface area contributed by atoms with E-state index in [1.54, 1.807) is 0 Å². The van der Waals surface area contributed by atoms with Crippen molar-refractivity contribution in [1.29, 1.82) is 0 Å². The van der Waals surface area contributed by atoms with Gasteiger partial charge in [0, 0.05) is 31.2 Å². The Hall–Kier alpha value is -0.740. The van der Waals surface area contributed by atoms with Crippen LogP contribution in [0.3, 0.4) is 0 Å². The maximum atomic E-state index is 6.06. The van der Waals surface area contributed by atoms with Crippen LogP contribution in [0, 0.1) is 5.92 Å². The molecule has 0 aromatic rings. The smallest absolute Gasteiger partial charge is 0.0620 e. The van der Waals surface area contributed by atoms with E-state index in [1.165, 1.54) is 12.8 Å². The van der Waals surface area contributed by atoms with Gasteiger partial charge in [0.25, 0.3) is 0 Å². The molecule has 2 aliphatic rings. The molecule has 1 heterocycles. The molecular formula is C10H20N4. The minimum absolute atomic E-state index is 0.512. The Labute approximate surface area is 85.3 Å². The predicted octanol–water partition coefficient (Wildman–Crippen LogP) is 0.124. The van der Waals surface area contributed by atoms with Gasteiger partial charge in [-0.2, -0.15) is 0 Å². The van der Waals surface area contributed by atoms with Crippen molar-refractivity contribution in [3.05, 3.63) is 11.4 Å². The molecule has 0 aromatic carbocycles. The summed E-state index contributed by atoms with van der Waals surface area (Å²) in [5, 5.41) is 5.19. The summed E-state index contributed by atoms with van der Waals surface area (Å²) in [4.78, 5) is 0. The Morgan fingerprint density at radius 3 is 2.71 bits per heavy atom. The van der Waals surface area contributed by atoms with Gasteiger partial charge in [-0.25, -0.2) is 5.84 Å². The van der Waals surface area contributed by atoms with Crippen LogP contribution in [0.25, 0.3) is 0 Å². The molecule has 0 bridgehead atoms. The largest absolute Gasteiger partial charge is 0.401 e. The summed E-state index contributed by atoms with van der Waals surface area (Å²) in [5.74, 6) is 6.89. The number of hydrazine groups is 1. The molecule has 0 atom stereocenters. The average molecular weight is 196 g/mol. The SMILES string of the molecule is CC1CC(N(N)C2=C(N)CCNC2)C1. The minimum atomic E-state index is 0.512. The molecule has 0 saturated heterocycles. The van der Waals surface area contributed by atoms with Gasteiger partial charge in [-0.1, -0.05) is 6.92 Å². The number of hydrogen-bond acceptors (Lipinski definition) is 4. The fraction of sp³-hybridized carbons (Fsp3) is 0.800. The molecule has 2 rings (SSSR count). The Bertz CT molecular complexity index is 243. The zero-order chi connectivity index (χ0) is 10.1. The van der Waals surface area contributed by atoms with Crippen molar-refractivity contribution in [2.45, 2.75) is 32.2 Å². The third-order valence-electron chi connectivity index (χ3n) is 3.29. The molecule has 0 unspecified atom stereocenters. The van der Waals surface area contributed by atoms with E-state index in [2.05, 4.69) is 12.2 Å². The molecule has 0 radical (unpaired) electrons. The number of rotatable bonds is 2. The average Bonchev–Trinajstić information content (AvgIpc) is 2.13. The van der Waals surface area contributed by atoms with E-state index in [-0.39, 0.29) is 0 Å². The fourth-order valence-electron chi connectivity index (χ4n) is 2.25. The van der Waals surface area contributed by atoms with Crippen LogP contribution < -0.4 is 16.9 Å². The second-order valence-corrected chi connectivity index (χ2v) is 4.54. The van der Waals surface area contributed by atoms with Gasteiger partial charge in [-0.15, -0.1) is 0 Å². The Kier molecular flexibility index (Phi) is 2.65. The molecule has 1 aliphatic carbocycles. The summed E-state index contributed by atoms with van der Waals surface area (Å²) in [6, 6.07) is 0.512. The van der Waals surface area contributed by atoms with E-state index in [9.17, 15) is 0 Å². The van der Waals surface area contributed by atoms with Crippen molar-refractivity contribution < 1.29 is 0 Å². The van der Waals surface area contributed by atoms with E-state index < -0.39 is 0 Å². The number of hydrogen-bond donors (Lipinski definition) is 3. The molecule has 4 nitrogen and oxygen atoms in total. The quantitative estimate of drug-likeness (QED) is 0.433. The van der Waals surface area contributed by atoms with Crippen LogP contribution in [0.5, 0.6) is 0 Å². The molecule has 0 spiro atoms. The lowest BCUT2D eigenvalue weighted by Gasteiger charge is -2.42. The highest BCUT2D eigenvalue weighted by atomic mass is 15.4. The lowest BCUT2D eigenvalue weighted by Crippen LogP contribution is -2.51. The van der Waals surface area contributed by atoms with Crippen LogP contribution in [0.1, 0.15) is 26.2 Å². The highest BCUT2D eigenvalue weighted by Crippen LogP contribution is 2.31. The van der Waals surface area contributed by atoms with Gasteiger partial charge in [-0.05, 0) is 18.8 Å². The van der Waals surface area contributed by atoms with E-state index in [0.29, 0.717) is 6.04 Å². The van der Waals surface area contributed by atoms with Crippen LogP contribution in [0.4, 0.5) is 0 Å². The Morgan fingerprint density at radius 1 is 1.43 bits per heavy atom. The van der Waals surface area contributed by atoms with Crippen molar-refractivity contribution in [2.24, 2.45) is 17.5 Å². The molecule has 1 fully saturated rings. The van der Waals surface area contributed by atoms with Crippen molar-refractivity contribution in [2.75, 3.05) is 13.1 Å². The van der Waals surface area contributed by atoms with E-state index in [4.69, 9.17) is 11.6 Å². The first kappa shape index (κ1) is 9.80. The Balaban J connectivity index is 1.99. The van der Waals surface area contributed by atoms with Crippen molar-refractivity contribution >= 4 is 0 Å². The third-order valence-corrected chi connectivity index (χ3v) is 3.29. The third kappa shape index (κ3) is 1.72. The van der Waals surface area contributed by atoms with E-state index >= 15 is 0 Å². The summed E-state index contributed by atoms with van der Waals surface area (Å²) in [6.45, 7) is 4.07. The Morgan fingerprint density at radius 2 is 2.14 bits per heavy atom. The number of nitrogens with two attached hydrogens (primary N) is 2. The fourth-order valence-corrected chi connectivity index (χ4v) is 2.25. The van der Waals surface area contributed by atoms with Crippen molar-refractivity contribution in [3.63, 3.8) is 0 Å². The highest BCUT2D eigenvalue weighted by Gasteiger charge is 2.31. The summed E-state index contributed by atoms with van der Waals surface area (Å²) in [5.41, 5.74) is 8.02. The maximum Gasteiger partial charge on any atom is 0.0620 e. The molecule has 4 heteroatoms. The van der Waals surface area contributed by atoms with Crippen LogP contribution in [-0.2, 0) is 0 Å². The topological polar surface area (TPSA) is 67.3 Å². The van der Waals surface area contributed by atoms with Gasteiger partial charge in [0.2, 0.25) is 0 Å². The van der Waals surface area contributed by atoms with Crippen LogP contribution >= 0.6 is 0 Å². The predicted molar refractivity (Wildman–Crippen MR) is 56.9 cm³/mol. The molecule has 1 aliphatic heterocycles. The second-order valence-electron chi connectivity index (χ2n) is 4.54. The lowest BCUT2D eigenvalue weighted by atomic mass is 9.81. The van der Waals surface area contributed by atoms with Crippen molar-refractivity contribution in [1.82, 2.24) is 10.3 Å². The van der Waals surface area contributed by atoms with Crippen LogP contribution in [0.15, 0.2) is 11.4 Å². The first-order valence-electron chi connectivity index (χ1n) is 5.40. The van der Waals surface area contributed by atoms with Gasteiger partial charge in [-0.3, -0.25) is 0 Å². The molecule has 5 N–H and O–H groups in total. The summed E-state index contributed by atoms with van der Waals surface area (Å²) in [7, 11) is 0. The van der Waals surface area contributed by atoms with E-state index in [0.717, 1.165) is 36.8 Å². The van der Waals surface area contributed by atoms with Crippen LogP contribution in [0.2, 0.25) is 0 Å². The number of nitrogens with zero attached hydrogens (tertiary/aromatic N) is 1. The zero-order valence-electron chi connectivity index (χ0n) is 8.79. The molecule has 14 heavy (non-hydrogen) atoms. The van der Waals surface area contributed by atoms with Gasteiger partial charge in [0.1, 0.15) is 0 Å². The van der Waals surface area contributed by atoms with E-state index in [1.807, 2.05) is 5.01 Å². The molecule has 0 amide bonds. The molecule has 1 saturated carbocycles. The van der Waals surface area contributed by atoms with Crippen molar-refractivity contribution in [3.8, 4) is 0 Å². The standard InChI is InChI=1S/C10H20N4/c1-7-4-8(5-7)14(12)10-6-13-3-2-9(10)11/h7-8,13H,2-6,11-12H2,1H3. The summed E-state index contributed by atoms with van der Waals surface area (Å²) < 4.78 is 0. The van der Waals surface area contributed by atoms with Gasteiger partial charge >= 0.3 is 0 Å². The molecule has 0 aromatic heterocycles. The van der Waals surface area contributed by atoms with Gasteiger partial charge < -0.3 is 16.1 Å². The first-order chi connectivity index (χ1) is 6.68. The van der Waals surface area contributed by atoms with Gasteiger partial charge in [0.15, 0.2) is 0 Å². The second kappa shape index (κ2) is 3.79. The normalized spacial score (nSPS) is 32.7. The lowest BCUT2D eigenvalue weighted by molar-refractivity contribution is 0.113. The zero-order valence-corrected chi connectivity index (χ0v) is 8.79.